The van der Waals surface area contributed by atoms with Crippen molar-refractivity contribution in [2.75, 3.05) is 20.3 Å². The lowest BCUT2D eigenvalue weighted by atomic mass is 9.75. The highest BCUT2D eigenvalue weighted by Crippen LogP contribution is 2.41. The van der Waals surface area contributed by atoms with Gasteiger partial charge < -0.3 is 9.47 Å². The maximum atomic E-state index is 13.1. The molecule has 0 spiro atoms. The average Bonchev–Trinajstić information content (AvgIpc) is 3.10. The number of methoxy groups -OCH3 is 1. The molecule has 2 bridgehead atoms. The Morgan fingerprint density at radius 2 is 1.79 bits per heavy atom. The normalized spacial score (nSPS) is 24.2. The molecular weight excluding hydrogens is 391 g/mol. The first-order valence-electron chi connectivity index (χ1n) is 9.45. The molecule has 1 aromatic rings. The van der Waals surface area contributed by atoms with Crippen molar-refractivity contribution in [3.8, 4) is 0 Å². The standard InChI is InChI=1S/C20H22F3NO5/c1-28-6-7-29-10-15-14(5-4-13(24-15)9-20(21,22)23)19(27)16-17(25)11-2-3-12(8-11)18(16)26/h4-5,11-12,16H,2-3,6-10H2,1H3. The van der Waals surface area contributed by atoms with E-state index in [1.54, 1.807) is 0 Å². The molecule has 0 amide bonds. The molecule has 2 aliphatic carbocycles. The minimum atomic E-state index is -4.46. The van der Waals surface area contributed by atoms with E-state index >= 15 is 0 Å². The second-order valence-electron chi connectivity index (χ2n) is 7.44. The van der Waals surface area contributed by atoms with Gasteiger partial charge in [-0.15, -0.1) is 0 Å². The van der Waals surface area contributed by atoms with Crippen molar-refractivity contribution in [2.45, 2.75) is 38.5 Å². The Balaban J connectivity index is 1.88. The second-order valence-corrected chi connectivity index (χ2v) is 7.44. The first-order chi connectivity index (χ1) is 13.7. The van der Waals surface area contributed by atoms with Crippen molar-refractivity contribution >= 4 is 17.3 Å². The van der Waals surface area contributed by atoms with Gasteiger partial charge >= 0.3 is 6.18 Å². The Morgan fingerprint density at radius 1 is 1.14 bits per heavy atom. The fraction of sp³-hybridized carbons (Fsp3) is 0.600. The van der Waals surface area contributed by atoms with E-state index in [4.69, 9.17) is 9.47 Å². The number of hydrogen-bond donors (Lipinski definition) is 0. The van der Waals surface area contributed by atoms with Crippen molar-refractivity contribution in [3.05, 3.63) is 29.1 Å². The summed E-state index contributed by atoms with van der Waals surface area (Å²) in [4.78, 5) is 42.2. The number of carbonyl (C=O) groups is 3. The van der Waals surface area contributed by atoms with Crippen LogP contribution in [0.2, 0.25) is 0 Å². The van der Waals surface area contributed by atoms with Crippen LogP contribution in [0.4, 0.5) is 13.2 Å². The van der Waals surface area contributed by atoms with Crippen LogP contribution in [0.5, 0.6) is 0 Å². The van der Waals surface area contributed by atoms with E-state index in [1.165, 1.54) is 13.2 Å². The molecule has 2 fully saturated rings. The van der Waals surface area contributed by atoms with Crippen LogP contribution in [0.25, 0.3) is 0 Å². The molecule has 2 atom stereocenters. The maximum Gasteiger partial charge on any atom is 0.394 e. The molecule has 2 aliphatic rings. The number of rotatable bonds is 8. The first-order valence-corrected chi connectivity index (χ1v) is 9.45. The summed E-state index contributed by atoms with van der Waals surface area (Å²) in [6.45, 7) is 0.188. The number of ether oxygens (including phenoxy) is 2. The lowest BCUT2D eigenvalue weighted by Crippen LogP contribution is -2.41. The van der Waals surface area contributed by atoms with Gasteiger partial charge in [-0.3, -0.25) is 19.4 Å². The van der Waals surface area contributed by atoms with Crippen LogP contribution in [-0.2, 0) is 32.1 Å². The van der Waals surface area contributed by atoms with Crippen molar-refractivity contribution in [1.82, 2.24) is 4.98 Å². The molecule has 1 heterocycles. The Kier molecular flexibility index (Phi) is 6.48. The predicted octanol–water partition coefficient (Wildman–Crippen LogP) is 2.72. The second kappa shape index (κ2) is 8.71. The summed E-state index contributed by atoms with van der Waals surface area (Å²) in [7, 11) is 1.47. The predicted molar refractivity (Wildman–Crippen MR) is 94.2 cm³/mol. The number of carbonyl (C=O) groups excluding carboxylic acids is 3. The molecule has 0 aliphatic heterocycles. The minimum absolute atomic E-state index is 0.00799. The number of alkyl halides is 3. The van der Waals surface area contributed by atoms with Gasteiger partial charge in [0, 0.05) is 30.2 Å². The largest absolute Gasteiger partial charge is 0.394 e. The Morgan fingerprint density at radius 3 is 2.38 bits per heavy atom. The van der Waals surface area contributed by atoms with Crippen LogP contribution in [0.15, 0.2) is 12.1 Å². The van der Waals surface area contributed by atoms with E-state index in [1.807, 2.05) is 0 Å². The third kappa shape index (κ3) is 4.90. The van der Waals surface area contributed by atoms with Gasteiger partial charge in [0.25, 0.3) is 0 Å². The van der Waals surface area contributed by atoms with Crippen molar-refractivity contribution in [2.24, 2.45) is 17.8 Å². The number of hydrogen-bond acceptors (Lipinski definition) is 6. The van der Waals surface area contributed by atoms with Crippen LogP contribution < -0.4 is 0 Å². The molecule has 1 aromatic heterocycles. The number of nitrogens with zero attached hydrogens (tertiary/aromatic N) is 1. The number of Topliss-reactive ketones (excluding diaryl/α,β-unsaturated/α-hetero) is 3. The van der Waals surface area contributed by atoms with Gasteiger partial charge in [-0.25, -0.2) is 0 Å². The van der Waals surface area contributed by atoms with Crippen molar-refractivity contribution in [3.63, 3.8) is 0 Å². The molecule has 2 unspecified atom stereocenters. The molecular formula is C20H22F3NO5. The monoisotopic (exact) mass is 413 g/mol. The number of halogens is 3. The fourth-order valence-corrected chi connectivity index (χ4v) is 4.02. The lowest BCUT2D eigenvalue weighted by molar-refractivity contribution is -0.137. The summed E-state index contributed by atoms with van der Waals surface area (Å²) >= 11 is 0. The summed E-state index contributed by atoms with van der Waals surface area (Å²) in [5.74, 6) is -3.47. The van der Waals surface area contributed by atoms with Crippen LogP contribution in [0.3, 0.4) is 0 Å². The zero-order valence-electron chi connectivity index (χ0n) is 16.0. The number of pyridine rings is 1. The molecule has 9 heteroatoms. The van der Waals surface area contributed by atoms with Gasteiger partial charge in [-0.2, -0.15) is 13.2 Å². The highest BCUT2D eigenvalue weighted by atomic mass is 19.4. The van der Waals surface area contributed by atoms with Gasteiger partial charge in [0.15, 0.2) is 17.3 Å². The van der Waals surface area contributed by atoms with Crippen LogP contribution in [0.1, 0.15) is 41.0 Å². The Labute approximate surface area is 165 Å². The van der Waals surface area contributed by atoms with E-state index < -0.39 is 24.3 Å². The number of fused-ring (bicyclic) bond motifs is 2. The van der Waals surface area contributed by atoms with E-state index in [0.29, 0.717) is 19.3 Å². The van der Waals surface area contributed by atoms with Gasteiger partial charge in [-0.05, 0) is 31.4 Å². The highest BCUT2D eigenvalue weighted by Gasteiger charge is 2.50. The van der Waals surface area contributed by atoms with Crippen LogP contribution >= 0.6 is 0 Å². The fourth-order valence-electron chi connectivity index (χ4n) is 4.02. The molecule has 0 saturated heterocycles. The molecule has 2 saturated carbocycles. The molecule has 6 nitrogen and oxygen atoms in total. The van der Waals surface area contributed by atoms with E-state index in [0.717, 1.165) is 6.07 Å². The summed E-state index contributed by atoms with van der Waals surface area (Å²) in [6, 6.07) is 2.31. The zero-order chi connectivity index (χ0) is 21.2. The van der Waals surface area contributed by atoms with Crippen LogP contribution in [-0.4, -0.2) is 48.8 Å². The molecule has 0 aromatic carbocycles. The third-order valence-corrected chi connectivity index (χ3v) is 5.42. The third-order valence-electron chi connectivity index (χ3n) is 5.42. The molecule has 158 valence electrons. The molecule has 3 rings (SSSR count). The van der Waals surface area contributed by atoms with E-state index in [9.17, 15) is 27.6 Å². The SMILES string of the molecule is COCCOCc1nc(CC(F)(F)F)ccc1C(=O)C1C(=O)C2CCC(C2)C1=O. The smallest absolute Gasteiger partial charge is 0.382 e. The van der Waals surface area contributed by atoms with Gasteiger partial charge in [0.1, 0.15) is 5.92 Å². The molecule has 29 heavy (non-hydrogen) atoms. The summed E-state index contributed by atoms with van der Waals surface area (Å²) in [5, 5.41) is 0. The molecule has 0 N–H and O–H groups in total. The van der Waals surface area contributed by atoms with Crippen LogP contribution in [0, 0.1) is 17.8 Å². The Hall–Kier alpha value is -2.13. The average molecular weight is 413 g/mol. The highest BCUT2D eigenvalue weighted by molar-refractivity contribution is 6.26. The van der Waals surface area contributed by atoms with Gasteiger partial charge in [-0.1, -0.05) is 0 Å². The lowest BCUT2D eigenvalue weighted by Gasteiger charge is -2.25. The molecule has 0 radical (unpaired) electrons. The summed E-state index contributed by atoms with van der Waals surface area (Å²) < 4.78 is 48.4. The van der Waals surface area contributed by atoms with Gasteiger partial charge in [0.2, 0.25) is 0 Å². The number of ketones is 3. The van der Waals surface area contributed by atoms with E-state index in [2.05, 4.69) is 4.98 Å². The van der Waals surface area contributed by atoms with Crippen molar-refractivity contribution < 1.29 is 37.0 Å². The summed E-state index contributed by atoms with van der Waals surface area (Å²) in [6.07, 6.45) is -4.04. The van der Waals surface area contributed by atoms with Crippen molar-refractivity contribution in [1.29, 1.82) is 0 Å². The van der Waals surface area contributed by atoms with E-state index in [-0.39, 0.29) is 60.2 Å². The Bertz CT molecular complexity index is 786. The zero-order valence-corrected chi connectivity index (χ0v) is 16.0. The maximum absolute atomic E-state index is 13.1. The summed E-state index contributed by atoms with van der Waals surface area (Å²) in [5.41, 5.74) is -0.312. The minimum Gasteiger partial charge on any atom is -0.382 e. The topological polar surface area (TPSA) is 82.6 Å². The number of aromatic nitrogens is 1. The quantitative estimate of drug-likeness (QED) is 0.370. The van der Waals surface area contributed by atoms with Gasteiger partial charge in [0.05, 0.1) is 31.9 Å². The first kappa shape index (κ1) is 21.6.